The first-order chi connectivity index (χ1) is 8.38. The van der Waals surface area contributed by atoms with Gasteiger partial charge in [-0.15, -0.1) is 0 Å². The predicted octanol–water partition coefficient (Wildman–Crippen LogP) is 0.504. The van der Waals surface area contributed by atoms with E-state index in [0.717, 1.165) is 12.8 Å². The summed E-state index contributed by atoms with van der Waals surface area (Å²) >= 11 is 0. The van der Waals surface area contributed by atoms with Crippen molar-refractivity contribution in [2.75, 3.05) is 20.2 Å². The molecular formula is C11H22N2O4S. The third kappa shape index (κ3) is 3.93. The van der Waals surface area contributed by atoms with E-state index in [1.54, 1.807) is 0 Å². The molecule has 0 aromatic rings. The summed E-state index contributed by atoms with van der Waals surface area (Å²) in [6.07, 6.45) is 2.14. The fourth-order valence-corrected chi connectivity index (χ4v) is 3.52. The molecule has 0 aromatic carbocycles. The lowest BCUT2D eigenvalue weighted by molar-refractivity contribution is -0.146. The zero-order chi connectivity index (χ0) is 13.8. The van der Waals surface area contributed by atoms with Crippen molar-refractivity contribution >= 4 is 16.2 Å². The van der Waals surface area contributed by atoms with Gasteiger partial charge in [0.05, 0.1) is 7.11 Å². The van der Waals surface area contributed by atoms with Crippen molar-refractivity contribution in [2.45, 2.75) is 39.2 Å². The fraction of sp³-hybridized carbons (Fsp3) is 0.909. The average molecular weight is 278 g/mol. The number of rotatable bonds is 5. The normalized spacial score (nSPS) is 22.1. The maximum absolute atomic E-state index is 12.1. The van der Waals surface area contributed by atoms with Gasteiger partial charge >= 0.3 is 5.97 Å². The van der Waals surface area contributed by atoms with Crippen molar-refractivity contribution in [3.05, 3.63) is 0 Å². The van der Waals surface area contributed by atoms with E-state index in [9.17, 15) is 13.2 Å². The molecule has 6 nitrogen and oxygen atoms in total. The van der Waals surface area contributed by atoms with E-state index in [2.05, 4.69) is 9.46 Å². The number of ether oxygens (including phenoxy) is 1. The molecule has 0 amide bonds. The van der Waals surface area contributed by atoms with Crippen LogP contribution < -0.4 is 4.72 Å². The summed E-state index contributed by atoms with van der Waals surface area (Å²) < 4.78 is 32.7. The Hall–Kier alpha value is -0.660. The molecule has 106 valence electrons. The Morgan fingerprint density at radius 3 is 2.67 bits per heavy atom. The zero-order valence-electron chi connectivity index (χ0n) is 11.2. The van der Waals surface area contributed by atoms with Crippen LogP contribution in [0.1, 0.15) is 33.1 Å². The third-order valence-electron chi connectivity index (χ3n) is 2.91. The number of hydrogen-bond donors (Lipinski definition) is 1. The predicted molar refractivity (Wildman–Crippen MR) is 68.1 cm³/mol. The minimum atomic E-state index is -3.60. The number of nitrogens with one attached hydrogen (secondary N) is 1. The molecule has 1 fully saturated rings. The first-order valence-electron chi connectivity index (χ1n) is 6.22. The van der Waals surface area contributed by atoms with E-state index in [-0.39, 0.29) is 5.92 Å². The molecule has 1 unspecified atom stereocenters. The maximum Gasteiger partial charge on any atom is 0.324 e. The van der Waals surface area contributed by atoms with Gasteiger partial charge in [-0.1, -0.05) is 13.8 Å². The highest BCUT2D eigenvalue weighted by Gasteiger charge is 2.37. The molecular weight excluding hydrogens is 256 g/mol. The van der Waals surface area contributed by atoms with Gasteiger partial charge in [-0.05, 0) is 25.2 Å². The molecule has 0 aromatic heterocycles. The van der Waals surface area contributed by atoms with E-state index in [4.69, 9.17) is 0 Å². The van der Waals surface area contributed by atoms with Crippen molar-refractivity contribution in [1.82, 2.24) is 9.03 Å². The van der Waals surface area contributed by atoms with Crippen LogP contribution in [0.25, 0.3) is 0 Å². The molecule has 0 bridgehead atoms. The molecule has 1 N–H and O–H groups in total. The second-order valence-corrected chi connectivity index (χ2v) is 6.60. The van der Waals surface area contributed by atoms with Crippen LogP contribution in [-0.2, 0) is 19.7 Å². The molecule has 1 saturated heterocycles. The Labute approximate surface area is 109 Å². The Bertz CT molecular complexity index is 381. The second kappa shape index (κ2) is 6.49. The van der Waals surface area contributed by atoms with E-state index < -0.39 is 22.2 Å². The van der Waals surface area contributed by atoms with Crippen LogP contribution in [-0.4, -0.2) is 44.9 Å². The quantitative estimate of drug-likeness (QED) is 0.743. The van der Waals surface area contributed by atoms with Crippen LogP contribution in [0.4, 0.5) is 0 Å². The molecule has 0 spiro atoms. The number of hydrogen-bond acceptors (Lipinski definition) is 4. The Morgan fingerprint density at radius 2 is 2.11 bits per heavy atom. The van der Waals surface area contributed by atoms with Gasteiger partial charge < -0.3 is 4.74 Å². The third-order valence-corrected chi connectivity index (χ3v) is 4.50. The molecule has 1 heterocycles. The summed E-state index contributed by atoms with van der Waals surface area (Å²) in [5, 5.41) is 0. The minimum Gasteiger partial charge on any atom is -0.468 e. The van der Waals surface area contributed by atoms with Gasteiger partial charge in [0, 0.05) is 13.1 Å². The number of piperidine rings is 1. The van der Waals surface area contributed by atoms with Crippen LogP contribution in [0.15, 0.2) is 0 Å². The lowest BCUT2D eigenvalue weighted by Crippen LogP contribution is -2.52. The van der Waals surface area contributed by atoms with Gasteiger partial charge in [-0.25, -0.2) is 4.72 Å². The molecule has 0 radical (unpaired) electrons. The van der Waals surface area contributed by atoms with Crippen LogP contribution in [0.3, 0.4) is 0 Å². The van der Waals surface area contributed by atoms with Gasteiger partial charge in [0.2, 0.25) is 0 Å². The largest absolute Gasteiger partial charge is 0.468 e. The number of carbonyl (C=O) groups excluding carboxylic acids is 1. The average Bonchev–Trinajstić information content (AvgIpc) is 2.35. The smallest absolute Gasteiger partial charge is 0.324 e. The van der Waals surface area contributed by atoms with Gasteiger partial charge in [-0.3, -0.25) is 4.79 Å². The van der Waals surface area contributed by atoms with Gasteiger partial charge in [-0.2, -0.15) is 12.7 Å². The second-order valence-electron chi connectivity index (χ2n) is 4.89. The van der Waals surface area contributed by atoms with Crippen molar-refractivity contribution in [1.29, 1.82) is 0 Å². The highest BCUT2D eigenvalue weighted by molar-refractivity contribution is 7.87. The number of nitrogens with zero attached hydrogens (tertiary/aromatic N) is 1. The Balaban J connectivity index is 2.79. The summed E-state index contributed by atoms with van der Waals surface area (Å²) in [6.45, 7) is 4.59. The standard InChI is InChI=1S/C11H22N2O4S/c1-9(2)8-12-18(15,16)13-7-5-4-6-10(13)11(14)17-3/h9-10,12H,4-8H2,1-3H3. The monoisotopic (exact) mass is 278 g/mol. The molecule has 18 heavy (non-hydrogen) atoms. The minimum absolute atomic E-state index is 0.223. The Kier molecular flexibility index (Phi) is 5.55. The molecule has 7 heteroatoms. The molecule has 1 rings (SSSR count). The van der Waals surface area contributed by atoms with Crippen LogP contribution in [0.5, 0.6) is 0 Å². The molecule has 1 atom stereocenters. The number of esters is 1. The van der Waals surface area contributed by atoms with Gasteiger partial charge in [0.25, 0.3) is 10.2 Å². The van der Waals surface area contributed by atoms with Crippen molar-refractivity contribution in [3.63, 3.8) is 0 Å². The van der Waals surface area contributed by atoms with Crippen molar-refractivity contribution in [3.8, 4) is 0 Å². The number of methoxy groups -OCH3 is 1. The molecule has 1 aliphatic heterocycles. The van der Waals surface area contributed by atoms with Gasteiger partial charge in [0.15, 0.2) is 0 Å². The van der Waals surface area contributed by atoms with Crippen molar-refractivity contribution < 1.29 is 17.9 Å². The van der Waals surface area contributed by atoms with Crippen LogP contribution in [0, 0.1) is 5.92 Å². The highest BCUT2D eigenvalue weighted by Crippen LogP contribution is 2.20. The summed E-state index contributed by atoms with van der Waals surface area (Å²) in [5.41, 5.74) is 0. The molecule has 0 aliphatic carbocycles. The maximum atomic E-state index is 12.1. The summed E-state index contributed by atoms with van der Waals surface area (Å²) in [6, 6.07) is -0.687. The van der Waals surface area contributed by atoms with E-state index in [1.165, 1.54) is 11.4 Å². The van der Waals surface area contributed by atoms with Gasteiger partial charge in [0.1, 0.15) is 6.04 Å². The summed E-state index contributed by atoms with van der Waals surface area (Å²) in [5.74, 6) is -0.259. The lowest BCUT2D eigenvalue weighted by atomic mass is 10.1. The highest BCUT2D eigenvalue weighted by atomic mass is 32.2. The lowest BCUT2D eigenvalue weighted by Gasteiger charge is -2.32. The van der Waals surface area contributed by atoms with Crippen molar-refractivity contribution in [2.24, 2.45) is 5.92 Å². The van der Waals surface area contributed by atoms with Crippen LogP contribution >= 0.6 is 0 Å². The van der Waals surface area contributed by atoms with E-state index in [0.29, 0.717) is 19.5 Å². The zero-order valence-corrected chi connectivity index (χ0v) is 12.0. The molecule has 1 aliphatic rings. The first-order valence-corrected chi connectivity index (χ1v) is 7.66. The van der Waals surface area contributed by atoms with E-state index in [1.807, 2.05) is 13.8 Å². The van der Waals surface area contributed by atoms with Crippen LogP contribution in [0.2, 0.25) is 0 Å². The summed E-state index contributed by atoms with van der Waals surface area (Å²) in [7, 11) is -2.32. The topological polar surface area (TPSA) is 75.7 Å². The number of carbonyl (C=O) groups is 1. The molecule has 0 saturated carbocycles. The first kappa shape index (κ1) is 15.4. The Morgan fingerprint density at radius 1 is 1.44 bits per heavy atom. The SMILES string of the molecule is COC(=O)C1CCCCN1S(=O)(=O)NCC(C)C. The van der Waals surface area contributed by atoms with E-state index >= 15 is 0 Å². The fourth-order valence-electron chi connectivity index (χ4n) is 1.92. The summed E-state index contributed by atoms with van der Waals surface area (Å²) in [4.78, 5) is 11.6.